The molecule has 1 aromatic carbocycles. The van der Waals surface area contributed by atoms with Gasteiger partial charge in [-0.2, -0.15) is 0 Å². The average molecular weight is 480 g/mol. The number of ether oxygens (including phenoxy) is 1. The van der Waals surface area contributed by atoms with Crippen molar-refractivity contribution in [3.63, 3.8) is 0 Å². The van der Waals surface area contributed by atoms with Gasteiger partial charge in [-0.25, -0.2) is 18.1 Å². The molecule has 8 heteroatoms. The normalized spacial score (nSPS) is 17.1. The molecule has 0 saturated heterocycles. The van der Waals surface area contributed by atoms with E-state index in [0.29, 0.717) is 22.7 Å². The van der Waals surface area contributed by atoms with Crippen LogP contribution >= 0.6 is 0 Å². The Balaban J connectivity index is 1.40. The lowest BCUT2D eigenvalue weighted by Gasteiger charge is -2.21. The molecular formula is C26H29N3O4S. The first-order valence-corrected chi connectivity index (χ1v) is 13.2. The zero-order chi connectivity index (χ0) is 24.1. The summed E-state index contributed by atoms with van der Waals surface area (Å²) in [6, 6.07) is 10.5. The monoisotopic (exact) mass is 479 g/mol. The third-order valence-corrected chi connectivity index (χ3v) is 7.99. The van der Waals surface area contributed by atoms with E-state index in [1.165, 1.54) is 11.6 Å². The van der Waals surface area contributed by atoms with E-state index in [2.05, 4.69) is 20.8 Å². The first-order chi connectivity index (χ1) is 16.2. The van der Waals surface area contributed by atoms with Crippen molar-refractivity contribution < 1.29 is 17.9 Å². The average Bonchev–Trinajstić information content (AvgIpc) is 3.68. The van der Waals surface area contributed by atoms with Crippen molar-refractivity contribution >= 4 is 26.8 Å². The van der Waals surface area contributed by atoms with Gasteiger partial charge in [-0.15, -0.1) is 0 Å². The maximum Gasteiger partial charge on any atom is 0.264 e. The van der Waals surface area contributed by atoms with E-state index in [1.54, 1.807) is 24.3 Å². The van der Waals surface area contributed by atoms with E-state index in [0.717, 1.165) is 36.9 Å². The van der Waals surface area contributed by atoms with Gasteiger partial charge in [-0.3, -0.25) is 9.78 Å². The van der Waals surface area contributed by atoms with Gasteiger partial charge in [-0.05, 0) is 88.3 Å². The predicted molar refractivity (Wildman–Crippen MR) is 129 cm³/mol. The van der Waals surface area contributed by atoms with Crippen LogP contribution in [0.5, 0.6) is 5.88 Å². The molecule has 3 aromatic rings. The Morgan fingerprint density at radius 2 is 1.97 bits per heavy atom. The number of rotatable bonds is 8. The van der Waals surface area contributed by atoms with Gasteiger partial charge >= 0.3 is 0 Å². The molecule has 0 radical (unpaired) electrons. The molecule has 2 aliphatic carbocycles. The molecule has 0 spiro atoms. The van der Waals surface area contributed by atoms with Crippen molar-refractivity contribution in [3.8, 4) is 5.88 Å². The summed E-state index contributed by atoms with van der Waals surface area (Å²) in [5.74, 6) is 0.540. The third kappa shape index (κ3) is 4.51. The highest BCUT2D eigenvalue weighted by atomic mass is 32.2. The molecule has 2 aromatic heterocycles. The number of amides is 1. The molecule has 2 aliphatic rings. The van der Waals surface area contributed by atoms with Crippen LogP contribution in [0.15, 0.2) is 47.5 Å². The molecule has 0 bridgehead atoms. The van der Waals surface area contributed by atoms with Crippen molar-refractivity contribution in [2.75, 3.05) is 0 Å². The molecule has 178 valence electrons. The second-order valence-corrected chi connectivity index (χ2v) is 11.5. The van der Waals surface area contributed by atoms with Crippen molar-refractivity contribution in [3.05, 3.63) is 59.4 Å². The molecule has 0 atom stereocenters. The van der Waals surface area contributed by atoms with E-state index in [-0.39, 0.29) is 17.4 Å². The maximum absolute atomic E-state index is 13.2. The quantitative estimate of drug-likeness (QED) is 0.510. The number of fused-ring (bicyclic) bond motifs is 1. The Kier molecular flexibility index (Phi) is 5.59. The standard InChI is InChI=1S/C26H29N3O4S/c1-16(2)33-25-21(13-19(15-27-25)18-8-9-18)26(11-12-26)14-24(30)29-34(31,32)23-6-4-5-22-20(23)10-7-17(3)28-22/h4-7,10,13,15-16,18H,8-9,11-12,14H2,1-3H3,(H,29,30). The minimum Gasteiger partial charge on any atom is -0.475 e. The topological polar surface area (TPSA) is 98.2 Å². The summed E-state index contributed by atoms with van der Waals surface area (Å²) in [7, 11) is -4.05. The highest BCUT2D eigenvalue weighted by Crippen LogP contribution is 2.55. The van der Waals surface area contributed by atoms with E-state index < -0.39 is 21.3 Å². The minimum atomic E-state index is -4.05. The maximum atomic E-state index is 13.2. The van der Waals surface area contributed by atoms with Crippen LogP contribution in [0.1, 0.15) is 68.7 Å². The highest BCUT2D eigenvalue weighted by Gasteiger charge is 2.49. The molecule has 1 amide bonds. The Bertz CT molecular complexity index is 1380. The number of pyridine rings is 2. The zero-order valence-corrected chi connectivity index (χ0v) is 20.5. The van der Waals surface area contributed by atoms with Crippen LogP contribution < -0.4 is 9.46 Å². The van der Waals surface area contributed by atoms with Crippen LogP contribution in [-0.4, -0.2) is 30.4 Å². The van der Waals surface area contributed by atoms with Crippen LogP contribution in [0, 0.1) is 6.92 Å². The summed E-state index contributed by atoms with van der Waals surface area (Å²) in [4.78, 5) is 22.1. The predicted octanol–water partition coefficient (Wildman–Crippen LogP) is 4.53. The number of sulfonamides is 1. The van der Waals surface area contributed by atoms with Crippen molar-refractivity contribution in [2.24, 2.45) is 0 Å². The number of carbonyl (C=O) groups is 1. The molecule has 0 unspecified atom stereocenters. The molecule has 5 rings (SSSR count). The Morgan fingerprint density at radius 1 is 1.21 bits per heavy atom. The molecule has 2 heterocycles. The number of nitrogens with one attached hydrogen (secondary N) is 1. The number of carbonyl (C=O) groups excluding carboxylic acids is 1. The number of benzene rings is 1. The van der Waals surface area contributed by atoms with Crippen molar-refractivity contribution in [1.82, 2.24) is 14.7 Å². The van der Waals surface area contributed by atoms with Crippen LogP contribution in [0.3, 0.4) is 0 Å². The lowest BCUT2D eigenvalue weighted by Crippen LogP contribution is -2.33. The molecule has 34 heavy (non-hydrogen) atoms. The molecule has 2 fully saturated rings. The van der Waals surface area contributed by atoms with Gasteiger partial charge in [0.2, 0.25) is 11.8 Å². The van der Waals surface area contributed by atoms with Crippen LogP contribution in [-0.2, 0) is 20.2 Å². The SMILES string of the molecule is Cc1ccc2c(S(=O)(=O)NC(=O)CC3(c4cc(C5CC5)cnc4OC(C)C)CC3)cccc2n1. The van der Waals surface area contributed by atoms with Gasteiger partial charge in [0.05, 0.1) is 16.5 Å². The van der Waals surface area contributed by atoms with Gasteiger partial charge in [0.25, 0.3) is 10.0 Å². The van der Waals surface area contributed by atoms with Gasteiger partial charge in [0, 0.05) is 34.7 Å². The largest absolute Gasteiger partial charge is 0.475 e. The van der Waals surface area contributed by atoms with E-state index in [4.69, 9.17) is 4.74 Å². The fourth-order valence-electron chi connectivity index (χ4n) is 4.51. The summed E-state index contributed by atoms with van der Waals surface area (Å²) in [6.07, 6.45) is 5.78. The van der Waals surface area contributed by atoms with Gasteiger partial charge in [0.15, 0.2) is 0 Å². The van der Waals surface area contributed by atoms with Crippen molar-refractivity contribution in [2.45, 2.75) is 75.2 Å². The lowest BCUT2D eigenvalue weighted by atomic mass is 9.91. The van der Waals surface area contributed by atoms with E-state index >= 15 is 0 Å². The van der Waals surface area contributed by atoms with E-state index in [1.807, 2.05) is 27.0 Å². The lowest BCUT2D eigenvalue weighted by molar-refractivity contribution is -0.119. The van der Waals surface area contributed by atoms with Crippen LogP contribution in [0.4, 0.5) is 0 Å². The number of hydrogen-bond acceptors (Lipinski definition) is 6. The zero-order valence-electron chi connectivity index (χ0n) is 19.7. The summed E-state index contributed by atoms with van der Waals surface area (Å²) in [5, 5.41) is 0.489. The van der Waals surface area contributed by atoms with Crippen LogP contribution in [0.2, 0.25) is 0 Å². The van der Waals surface area contributed by atoms with E-state index in [9.17, 15) is 13.2 Å². The number of aromatic nitrogens is 2. The van der Waals surface area contributed by atoms with Crippen molar-refractivity contribution in [1.29, 1.82) is 0 Å². The Labute approximate surface area is 200 Å². The molecule has 0 aliphatic heterocycles. The summed E-state index contributed by atoms with van der Waals surface area (Å²) in [5.41, 5.74) is 3.02. The molecule has 7 nitrogen and oxygen atoms in total. The van der Waals surface area contributed by atoms with Gasteiger partial charge in [-0.1, -0.05) is 6.07 Å². The number of nitrogens with zero attached hydrogens (tertiary/aromatic N) is 2. The fourth-order valence-corrected chi connectivity index (χ4v) is 5.71. The first-order valence-electron chi connectivity index (χ1n) is 11.8. The smallest absolute Gasteiger partial charge is 0.264 e. The third-order valence-electron chi connectivity index (χ3n) is 6.56. The number of hydrogen-bond donors (Lipinski definition) is 1. The fraction of sp³-hybridized carbons (Fsp3) is 0.423. The summed E-state index contributed by atoms with van der Waals surface area (Å²) in [6.45, 7) is 5.74. The Hall–Kier alpha value is -3.00. The molecule has 1 N–H and O–H groups in total. The van der Waals surface area contributed by atoms with Gasteiger partial charge < -0.3 is 4.74 Å². The second kappa shape index (κ2) is 8.34. The van der Waals surface area contributed by atoms with Crippen LogP contribution in [0.25, 0.3) is 10.9 Å². The molecular weight excluding hydrogens is 450 g/mol. The summed E-state index contributed by atoms with van der Waals surface area (Å²) < 4.78 is 34.6. The molecule has 2 saturated carbocycles. The Morgan fingerprint density at radius 3 is 2.65 bits per heavy atom. The minimum absolute atomic E-state index is 0.0494. The second-order valence-electron chi connectivity index (χ2n) is 9.82. The summed E-state index contributed by atoms with van der Waals surface area (Å²) >= 11 is 0. The highest BCUT2D eigenvalue weighted by molar-refractivity contribution is 7.90. The number of aryl methyl sites for hydroxylation is 1. The first kappa shape index (κ1) is 22.8. The van der Waals surface area contributed by atoms with Gasteiger partial charge in [0.1, 0.15) is 0 Å².